The average Bonchev–Trinajstić information content (AvgIpc) is 3.31. The van der Waals surface area contributed by atoms with Gasteiger partial charge in [0.1, 0.15) is 6.04 Å². The van der Waals surface area contributed by atoms with Crippen molar-refractivity contribution in [3.05, 3.63) is 60.5 Å². The second-order valence-electron chi connectivity index (χ2n) is 8.10. The molecule has 0 radical (unpaired) electrons. The lowest BCUT2D eigenvalue weighted by Gasteiger charge is -2.15. The van der Waals surface area contributed by atoms with Gasteiger partial charge < -0.3 is 20.7 Å². The van der Waals surface area contributed by atoms with Crippen LogP contribution in [0.5, 0.6) is 5.75 Å². The van der Waals surface area contributed by atoms with Gasteiger partial charge in [-0.1, -0.05) is 30.3 Å². The molecule has 154 valence electrons. The first-order valence-electron chi connectivity index (χ1n) is 10.2. The van der Waals surface area contributed by atoms with Crippen LogP contribution in [0.2, 0.25) is 0 Å². The predicted octanol–water partition coefficient (Wildman–Crippen LogP) is 3.33. The maximum absolute atomic E-state index is 12.4. The molecule has 4 rings (SSSR count). The minimum absolute atomic E-state index is 0.0582. The van der Waals surface area contributed by atoms with Gasteiger partial charge in [-0.15, -0.1) is 0 Å². The van der Waals surface area contributed by atoms with Gasteiger partial charge in [0.05, 0.1) is 11.8 Å². The van der Waals surface area contributed by atoms with Gasteiger partial charge >= 0.3 is 0 Å². The van der Waals surface area contributed by atoms with E-state index in [2.05, 4.69) is 24.0 Å². The lowest BCUT2D eigenvalue weighted by Crippen LogP contribution is -2.39. The van der Waals surface area contributed by atoms with E-state index in [-0.39, 0.29) is 17.9 Å². The molecule has 2 aromatic carbocycles. The molecule has 1 amide bonds. The van der Waals surface area contributed by atoms with Crippen molar-refractivity contribution in [1.82, 2.24) is 5.32 Å². The van der Waals surface area contributed by atoms with Gasteiger partial charge in [-0.3, -0.25) is 4.79 Å². The normalized spacial score (nSPS) is 21.0. The van der Waals surface area contributed by atoms with Gasteiger partial charge in [0.25, 0.3) is 0 Å². The summed E-state index contributed by atoms with van der Waals surface area (Å²) in [7, 11) is 1.93. The molecule has 0 bridgehead atoms. The number of ether oxygens (including phenoxy) is 1. The Morgan fingerprint density at radius 3 is 2.70 bits per heavy atom. The number of nitrogens with one attached hydrogen (secondary N) is 1. The lowest BCUT2D eigenvalue weighted by molar-refractivity contribution is -0.125. The van der Waals surface area contributed by atoms with Crippen LogP contribution >= 0.6 is 0 Å². The fourth-order valence-electron chi connectivity index (χ4n) is 4.12. The molecule has 6 nitrogen and oxygen atoms in total. The summed E-state index contributed by atoms with van der Waals surface area (Å²) in [6.07, 6.45) is 2.85. The van der Waals surface area contributed by atoms with Crippen LogP contribution in [-0.2, 0) is 11.2 Å². The van der Waals surface area contributed by atoms with Crippen molar-refractivity contribution >= 4 is 11.6 Å². The predicted molar refractivity (Wildman–Crippen MR) is 117 cm³/mol. The third-order valence-corrected chi connectivity index (χ3v) is 5.97. The molecule has 1 saturated carbocycles. The van der Waals surface area contributed by atoms with E-state index >= 15 is 0 Å². The molecular formula is C24H26N4O2. The minimum Gasteiger partial charge on any atom is -0.439 e. The molecule has 2 aromatic rings. The summed E-state index contributed by atoms with van der Waals surface area (Å²) in [6, 6.07) is 15.9. The highest BCUT2D eigenvalue weighted by molar-refractivity contribution is 5.79. The molecule has 1 aliphatic heterocycles. The number of fused-ring (bicyclic) bond motifs is 1. The summed E-state index contributed by atoms with van der Waals surface area (Å²) in [5.41, 5.74) is 10.0. The molecule has 0 saturated heterocycles. The van der Waals surface area contributed by atoms with Gasteiger partial charge in [-0.25, -0.2) is 0 Å². The Morgan fingerprint density at radius 2 is 2.03 bits per heavy atom. The molecule has 3 atom stereocenters. The van der Waals surface area contributed by atoms with Crippen LogP contribution < -0.4 is 20.7 Å². The van der Waals surface area contributed by atoms with E-state index in [0.717, 1.165) is 41.0 Å². The summed E-state index contributed by atoms with van der Waals surface area (Å²) < 4.78 is 5.62. The molecular weight excluding hydrogens is 376 g/mol. The number of nitriles is 1. The SMILES string of the molecule is C=C1Oc2ccc(-c3ccc(C[C@@H](C#N)NC(=O)C4CCC(N)C4)cc3)cc2N1C. The third-order valence-electron chi connectivity index (χ3n) is 5.97. The smallest absolute Gasteiger partial charge is 0.224 e. The number of nitrogens with two attached hydrogens (primary N) is 1. The van der Waals surface area contributed by atoms with Crippen LogP contribution in [0.3, 0.4) is 0 Å². The number of anilines is 1. The third kappa shape index (κ3) is 4.03. The largest absolute Gasteiger partial charge is 0.439 e. The van der Waals surface area contributed by atoms with E-state index in [4.69, 9.17) is 10.5 Å². The topological polar surface area (TPSA) is 91.4 Å². The van der Waals surface area contributed by atoms with Crippen molar-refractivity contribution in [3.8, 4) is 22.9 Å². The monoisotopic (exact) mass is 402 g/mol. The molecule has 1 fully saturated rings. The zero-order valence-electron chi connectivity index (χ0n) is 17.1. The highest BCUT2D eigenvalue weighted by Crippen LogP contribution is 2.40. The number of carbonyl (C=O) groups excluding carboxylic acids is 1. The number of rotatable bonds is 5. The fraction of sp³-hybridized carbons (Fsp3) is 0.333. The number of amides is 1. The summed E-state index contributed by atoms with van der Waals surface area (Å²) >= 11 is 0. The van der Waals surface area contributed by atoms with E-state index in [1.165, 1.54) is 0 Å². The quantitative estimate of drug-likeness (QED) is 0.800. The van der Waals surface area contributed by atoms with Crippen LogP contribution in [0.15, 0.2) is 54.9 Å². The molecule has 3 N–H and O–H groups in total. The van der Waals surface area contributed by atoms with Crippen molar-refractivity contribution in [3.63, 3.8) is 0 Å². The van der Waals surface area contributed by atoms with Crippen LogP contribution in [0.1, 0.15) is 24.8 Å². The van der Waals surface area contributed by atoms with Gasteiger partial charge in [-0.2, -0.15) is 5.26 Å². The van der Waals surface area contributed by atoms with Crippen molar-refractivity contribution in [1.29, 1.82) is 5.26 Å². The number of hydrogen-bond donors (Lipinski definition) is 2. The molecule has 30 heavy (non-hydrogen) atoms. The van der Waals surface area contributed by atoms with E-state index in [9.17, 15) is 10.1 Å². The molecule has 2 aliphatic rings. The highest BCUT2D eigenvalue weighted by atomic mass is 16.5. The maximum Gasteiger partial charge on any atom is 0.224 e. The first-order valence-corrected chi connectivity index (χ1v) is 10.2. The summed E-state index contributed by atoms with van der Waals surface area (Å²) in [4.78, 5) is 14.3. The second-order valence-corrected chi connectivity index (χ2v) is 8.10. The molecule has 1 heterocycles. The fourth-order valence-corrected chi connectivity index (χ4v) is 4.12. The van der Waals surface area contributed by atoms with Crippen molar-refractivity contribution in [2.45, 2.75) is 37.8 Å². The Balaban J connectivity index is 1.42. The van der Waals surface area contributed by atoms with E-state index in [0.29, 0.717) is 18.7 Å². The summed E-state index contributed by atoms with van der Waals surface area (Å²) in [6.45, 7) is 3.89. The zero-order chi connectivity index (χ0) is 21.3. The standard InChI is InChI=1S/C24H26N4O2/c1-15-28(2)22-13-18(8-10-23(22)30-15)17-5-3-16(4-6-17)11-21(14-25)27-24(29)19-7-9-20(26)12-19/h3-6,8,10,13,19-21H,1,7,9,11-12,26H2,2H3,(H,27,29)/t19?,20?,21-/m0/s1. The van der Waals surface area contributed by atoms with Crippen molar-refractivity contribution in [2.75, 3.05) is 11.9 Å². The lowest BCUT2D eigenvalue weighted by atomic mass is 9.99. The van der Waals surface area contributed by atoms with Crippen LogP contribution in [0, 0.1) is 17.2 Å². The van der Waals surface area contributed by atoms with Gasteiger partial charge in [-0.05, 0) is 54.7 Å². The Kier molecular flexibility index (Phi) is 5.47. The van der Waals surface area contributed by atoms with Crippen LogP contribution in [-0.4, -0.2) is 25.0 Å². The first-order chi connectivity index (χ1) is 14.4. The highest BCUT2D eigenvalue weighted by Gasteiger charge is 2.29. The summed E-state index contributed by atoms with van der Waals surface area (Å²) in [5, 5.41) is 12.4. The average molecular weight is 402 g/mol. The molecule has 0 aromatic heterocycles. The minimum atomic E-state index is -0.544. The van der Waals surface area contributed by atoms with Crippen molar-refractivity contribution < 1.29 is 9.53 Å². The van der Waals surface area contributed by atoms with E-state index in [1.54, 1.807) is 0 Å². The zero-order valence-corrected chi connectivity index (χ0v) is 17.1. The van der Waals surface area contributed by atoms with Crippen molar-refractivity contribution in [2.24, 2.45) is 11.7 Å². The number of carbonyl (C=O) groups is 1. The van der Waals surface area contributed by atoms with E-state index < -0.39 is 6.04 Å². The Labute approximate surface area is 176 Å². The first kappa shape index (κ1) is 20.0. The second kappa shape index (κ2) is 8.21. The number of benzene rings is 2. The molecule has 1 aliphatic carbocycles. The van der Waals surface area contributed by atoms with E-state index in [1.807, 2.05) is 48.3 Å². The number of nitrogens with zero attached hydrogens (tertiary/aromatic N) is 2. The summed E-state index contributed by atoms with van der Waals surface area (Å²) in [5.74, 6) is 1.29. The number of hydrogen-bond acceptors (Lipinski definition) is 5. The van der Waals surface area contributed by atoms with Gasteiger partial charge in [0.2, 0.25) is 5.91 Å². The molecule has 2 unspecified atom stereocenters. The molecule has 6 heteroatoms. The maximum atomic E-state index is 12.4. The Morgan fingerprint density at radius 1 is 1.30 bits per heavy atom. The van der Waals surface area contributed by atoms with Gasteiger partial charge in [0, 0.05) is 25.4 Å². The van der Waals surface area contributed by atoms with Gasteiger partial charge in [0.15, 0.2) is 11.6 Å². The molecule has 0 spiro atoms. The Hall–Kier alpha value is -3.30. The van der Waals surface area contributed by atoms with Crippen LogP contribution in [0.4, 0.5) is 5.69 Å². The van der Waals surface area contributed by atoms with Crippen LogP contribution in [0.25, 0.3) is 11.1 Å². The Bertz CT molecular complexity index is 1010.